The molecule has 0 aliphatic carbocycles. The molecule has 0 saturated heterocycles. The first-order valence-corrected chi connectivity index (χ1v) is 6.74. The van der Waals surface area contributed by atoms with Crippen LogP contribution in [0.5, 0.6) is 0 Å². The van der Waals surface area contributed by atoms with Crippen LogP contribution in [0, 0.1) is 5.82 Å². The standard InChI is InChI=1S/C12H17BFN5O2/c14-9-5-1-2-7-11(9)19-12(16-17-18-19)10(15)6-3-4-8-13(20)21/h1-2,5,7,10,20-21H,3-4,6,8,15H2. The van der Waals surface area contributed by atoms with Crippen LogP contribution in [0.4, 0.5) is 4.39 Å². The lowest BCUT2D eigenvalue weighted by Gasteiger charge is -2.11. The number of tetrazole rings is 1. The lowest BCUT2D eigenvalue weighted by Crippen LogP contribution is -2.17. The van der Waals surface area contributed by atoms with Gasteiger partial charge in [0.25, 0.3) is 0 Å². The van der Waals surface area contributed by atoms with Gasteiger partial charge < -0.3 is 15.8 Å². The highest BCUT2D eigenvalue weighted by Crippen LogP contribution is 2.19. The molecule has 0 aliphatic rings. The summed E-state index contributed by atoms with van der Waals surface area (Å²) in [5, 5.41) is 28.7. The van der Waals surface area contributed by atoms with Crippen molar-refractivity contribution in [2.45, 2.75) is 31.6 Å². The van der Waals surface area contributed by atoms with E-state index in [1.807, 2.05) is 0 Å². The Kier molecular flexibility index (Phi) is 5.37. The van der Waals surface area contributed by atoms with E-state index in [2.05, 4.69) is 15.5 Å². The maximum absolute atomic E-state index is 13.8. The molecule has 4 N–H and O–H groups in total. The number of hydrogen-bond acceptors (Lipinski definition) is 6. The number of aromatic nitrogens is 4. The Morgan fingerprint density at radius 2 is 2.05 bits per heavy atom. The fourth-order valence-corrected chi connectivity index (χ4v) is 2.04. The molecule has 0 aliphatic heterocycles. The summed E-state index contributed by atoms with van der Waals surface area (Å²) >= 11 is 0. The number of nitrogens with zero attached hydrogens (tertiary/aromatic N) is 4. The van der Waals surface area contributed by atoms with E-state index in [-0.39, 0.29) is 5.69 Å². The van der Waals surface area contributed by atoms with Crippen LogP contribution in [-0.4, -0.2) is 37.4 Å². The zero-order valence-electron chi connectivity index (χ0n) is 11.4. The Hall–Kier alpha value is -1.84. The van der Waals surface area contributed by atoms with Crippen molar-refractivity contribution < 1.29 is 14.4 Å². The van der Waals surface area contributed by atoms with Gasteiger partial charge in [-0.05, 0) is 35.3 Å². The molecular formula is C12H17BFN5O2. The summed E-state index contributed by atoms with van der Waals surface area (Å²) in [6.07, 6.45) is 2.20. The largest absolute Gasteiger partial charge is 0.451 e. The lowest BCUT2D eigenvalue weighted by molar-refractivity contribution is 0.400. The lowest BCUT2D eigenvalue weighted by atomic mass is 9.83. The van der Waals surface area contributed by atoms with Crippen LogP contribution in [0.25, 0.3) is 5.69 Å². The zero-order chi connectivity index (χ0) is 15.2. The average Bonchev–Trinajstić information content (AvgIpc) is 2.93. The molecule has 21 heavy (non-hydrogen) atoms. The Morgan fingerprint density at radius 3 is 2.76 bits per heavy atom. The molecule has 0 spiro atoms. The van der Waals surface area contributed by atoms with Crippen molar-refractivity contribution in [2.75, 3.05) is 0 Å². The number of rotatable bonds is 7. The van der Waals surface area contributed by atoms with Gasteiger partial charge in [0.2, 0.25) is 0 Å². The molecule has 0 amide bonds. The summed E-state index contributed by atoms with van der Waals surface area (Å²) in [6, 6.07) is 5.73. The molecule has 1 aromatic heterocycles. The predicted molar refractivity (Wildman–Crippen MR) is 74.9 cm³/mol. The molecule has 7 nitrogen and oxygen atoms in total. The Bertz CT molecular complexity index is 580. The SMILES string of the molecule is NC(CCCCB(O)O)c1nnnn1-c1ccccc1F. The number of benzene rings is 1. The quantitative estimate of drug-likeness (QED) is 0.505. The van der Waals surface area contributed by atoms with Crippen molar-refractivity contribution in [3.05, 3.63) is 35.9 Å². The third-order valence-corrected chi connectivity index (χ3v) is 3.13. The molecule has 1 heterocycles. The van der Waals surface area contributed by atoms with E-state index in [0.717, 1.165) is 0 Å². The molecule has 1 atom stereocenters. The van der Waals surface area contributed by atoms with Gasteiger partial charge in [-0.1, -0.05) is 25.0 Å². The topological polar surface area (TPSA) is 110 Å². The van der Waals surface area contributed by atoms with Gasteiger partial charge in [0.05, 0.1) is 6.04 Å². The Morgan fingerprint density at radius 1 is 1.29 bits per heavy atom. The van der Waals surface area contributed by atoms with Crippen LogP contribution in [0.1, 0.15) is 31.1 Å². The molecule has 1 unspecified atom stereocenters. The highest BCUT2D eigenvalue weighted by molar-refractivity contribution is 6.40. The average molecular weight is 293 g/mol. The molecule has 2 aromatic rings. The minimum atomic E-state index is -1.30. The second-order valence-corrected chi connectivity index (χ2v) is 4.77. The third kappa shape index (κ3) is 4.07. The first-order chi connectivity index (χ1) is 10.1. The predicted octanol–water partition coefficient (Wildman–Crippen LogP) is 0.444. The summed E-state index contributed by atoms with van der Waals surface area (Å²) in [6.45, 7) is 0. The van der Waals surface area contributed by atoms with E-state index in [4.69, 9.17) is 15.8 Å². The van der Waals surface area contributed by atoms with Gasteiger partial charge in [-0.3, -0.25) is 0 Å². The minimum Gasteiger partial charge on any atom is -0.427 e. The van der Waals surface area contributed by atoms with Gasteiger partial charge in [0.1, 0.15) is 11.5 Å². The number of nitrogens with two attached hydrogens (primary N) is 1. The molecule has 2 rings (SSSR count). The van der Waals surface area contributed by atoms with E-state index in [1.165, 1.54) is 10.7 Å². The van der Waals surface area contributed by atoms with Crippen LogP contribution >= 0.6 is 0 Å². The van der Waals surface area contributed by atoms with E-state index in [0.29, 0.717) is 31.4 Å². The third-order valence-electron chi connectivity index (χ3n) is 3.13. The monoisotopic (exact) mass is 293 g/mol. The Balaban J connectivity index is 2.05. The van der Waals surface area contributed by atoms with Crippen molar-refractivity contribution in [3.8, 4) is 5.69 Å². The van der Waals surface area contributed by atoms with Gasteiger partial charge in [-0.25, -0.2) is 4.39 Å². The summed E-state index contributed by atoms with van der Waals surface area (Å²) in [4.78, 5) is 0. The fraction of sp³-hybridized carbons (Fsp3) is 0.417. The number of para-hydroxylation sites is 1. The van der Waals surface area contributed by atoms with E-state index >= 15 is 0 Å². The van der Waals surface area contributed by atoms with Crippen molar-refractivity contribution in [3.63, 3.8) is 0 Å². The van der Waals surface area contributed by atoms with Gasteiger partial charge >= 0.3 is 7.12 Å². The first kappa shape index (κ1) is 15.6. The van der Waals surface area contributed by atoms with Crippen LogP contribution < -0.4 is 5.73 Å². The summed E-state index contributed by atoms with van der Waals surface area (Å²) in [5.74, 6) is -0.0497. The highest BCUT2D eigenvalue weighted by atomic mass is 19.1. The van der Waals surface area contributed by atoms with Crippen molar-refractivity contribution >= 4 is 7.12 Å². The van der Waals surface area contributed by atoms with Crippen LogP contribution in [0.2, 0.25) is 6.32 Å². The fourth-order valence-electron chi connectivity index (χ4n) is 2.04. The van der Waals surface area contributed by atoms with Crippen molar-refractivity contribution in [1.82, 2.24) is 20.2 Å². The molecule has 0 bridgehead atoms. The van der Waals surface area contributed by atoms with E-state index < -0.39 is 19.0 Å². The number of unbranched alkanes of at least 4 members (excludes halogenated alkanes) is 1. The van der Waals surface area contributed by atoms with Crippen molar-refractivity contribution in [1.29, 1.82) is 0 Å². The summed E-state index contributed by atoms with van der Waals surface area (Å²) in [7, 11) is -1.30. The summed E-state index contributed by atoms with van der Waals surface area (Å²) in [5.41, 5.74) is 6.28. The maximum atomic E-state index is 13.8. The van der Waals surface area contributed by atoms with Gasteiger partial charge in [-0.2, -0.15) is 4.68 Å². The van der Waals surface area contributed by atoms with Crippen LogP contribution in [-0.2, 0) is 0 Å². The molecule has 0 fully saturated rings. The molecular weight excluding hydrogens is 276 g/mol. The molecule has 112 valence electrons. The van der Waals surface area contributed by atoms with Gasteiger partial charge in [0, 0.05) is 0 Å². The number of halogens is 1. The number of hydrogen-bond donors (Lipinski definition) is 3. The Labute approximate surface area is 121 Å². The van der Waals surface area contributed by atoms with Crippen LogP contribution in [0.15, 0.2) is 24.3 Å². The second kappa shape index (κ2) is 7.25. The normalized spacial score (nSPS) is 12.4. The molecule has 9 heteroatoms. The summed E-state index contributed by atoms with van der Waals surface area (Å²) < 4.78 is 15.1. The van der Waals surface area contributed by atoms with Gasteiger partial charge in [-0.15, -0.1) is 5.10 Å². The highest BCUT2D eigenvalue weighted by Gasteiger charge is 2.18. The minimum absolute atomic E-state index is 0.249. The zero-order valence-corrected chi connectivity index (χ0v) is 11.4. The van der Waals surface area contributed by atoms with E-state index in [1.54, 1.807) is 18.2 Å². The van der Waals surface area contributed by atoms with Crippen molar-refractivity contribution in [2.24, 2.45) is 5.73 Å². The maximum Gasteiger partial charge on any atom is 0.451 e. The molecule has 1 aromatic carbocycles. The van der Waals surface area contributed by atoms with Gasteiger partial charge in [0.15, 0.2) is 5.82 Å². The first-order valence-electron chi connectivity index (χ1n) is 6.74. The van der Waals surface area contributed by atoms with E-state index in [9.17, 15) is 4.39 Å². The second-order valence-electron chi connectivity index (χ2n) is 4.77. The van der Waals surface area contributed by atoms with Crippen LogP contribution in [0.3, 0.4) is 0 Å². The smallest absolute Gasteiger partial charge is 0.427 e. The molecule has 0 saturated carbocycles. The molecule has 0 radical (unpaired) electrons.